The number of carbonyl (C=O) groups is 1. The van der Waals surface area contributed by atoms with Crippen LogP contribution in [-0.4, -0.2) is 65.6 Å². The van der Waals surface area contributed by atoms with Crippen molar-refractivity contribution >= 4 is 23.1 Å². The van der Waals surface area contributed by atoms with E-state index in [1.165, 1.54) is 0 Å². The van der Waals surface area contributed by atoms with Crippen LogP contribution in [0.1, 0.15) is 40.0 Å². The first-order valence-corrected chi connectivity index (χ1v) is 8.18. The Balaban J connectivity index is 2.63. The number of thiocarbonyl (C=S) groups is 1. The van der Waals surface area contributed by atoms with Gasteiger partial charge in [-0.25, -0.2) is 0 Å². The maximum Gasteiger partial charge on any atom is 0.254 e. The van der Waals surface area contributed by atoms with E-state index < -0.39 is 5.60 Å². The highest BCUT2D eigenvalue weighted by Gasteiger charge is 2.37. The van der Waals surface area contributed by atoms with Gasteiger partial charge in [0.2, 0.25) is 0 Å². The van der Waals surface area contributed by atoms with E-state index in [2.05, 4.69) is 11.8 Å². The zero-order chi connectivity index (χ0) is 16.0. The standard InChI is InChI=1S/C15H29N3O2S/c1-5-7-12(13(16)21)17-8-10-18(11-9-17)14(19)15(3,6-2)20-4/h12H,5-11H2,1-4H3,(H2,16,21). The average Bonchev–Trinajstić information content (AvgIpc) is 2.51. The monoisotopic (exact) mass is 315 g/mol. The molecule has 1 aliphatic rings. The summed E-state index contributed by atoms with van der Waals surface area (Å²) in [4.78, 5) is 17.3. The molecule has 1 saturated heterocycles. The second kappa shape index (κ2) is 8.06. The van der Waals surface area contributed by atoms with Crippen LogP contribution in [0.4, 0.5) is 0 Å². The highest BCUT2D eigenvalue weighted by Crippen LogP contribution is 2.20. The summed E-state index contributed by atoms with van der Waals surface area (Å²) in [7, 11) is 1.60. The maximum absolute atomic E-state index is 12.6. The van der Waals surface area contributed by atoms with Crippen LogP contribution in [0.3, 0.4) is 0 Å². The Kier molecular flexibility index (Phi) is 7.03. The first-order valence-electron chi connectivity index (χ1n) is 7.77. The van der Waals surface area contributed by atoms with E-state index in [9.17, 15) is 4.79 Å². The van der Waals surface area contributed by atoms with E-state index in [1.807, 2.05) is 18.7 Å². The summed E-state index contributed by atoms with van der Waals surface area (Å²) in [6.07, 6.45) is 2.71. The molecule has 0 radical (unpaired) electrons. The number of rotatable bonds is 7. The van der Waals surface area contributed by atoms with E-state index in [0.717, 1.165) is 25.9 Å². The lowest BCUT2D eigenvalue weighted by atomic mass is 10.0. The molecule has 0 spiro atoms. The van der Waals surface area contributed by atoms with Gasteiger partial charge >= 0.3 is 0 Å². The van der Waals surface area contributed by atoms with Crippen LogP contribution in [0.25, 0.3) is 0 Å². The molecule has 0 aromatic carbocycles. The molecule has 1 rings (SSSR count). The number of hydrogen-bond acceptors (Lipinski definition) is 4. The van der Waals surface area contributed by atoms with Crippen LogP contribution in [-0.2, 0) is 9.53 Å². The largest absolute Gasteiger partial charge is 0.392 e. The molecule has 5 nitrogen and oxygen atoms in total. The SMILES string of the molecule is CCCC(C(N)=S)N1CCN(C(=O)C(C)(CC)OC)CC1. The summed E-state index contributed by atoms with van der Waals surface area (Å²) in [5, 5.41) is 0. The number of nitrogens with zero attached hydrogens (tertiary/aromatic N) is 2. The number of methoxy groups -OCH3 is 1. The van der Waals surface area contributed by atoms with Crippen molar-refractivity contribution in [1.29, 1.82) is 0 Å². The van der Waals surface area contributed by atoms with Gasteiger partial charge in [-0.05, 0) is 19.8 Å². The second-order valence-electron chi connectivity index (χ2n) is 5.82. The van der Waals surface area contributed by atoms with Crippen LogP contribution < -0.4 is 5.73 Å². The quantitative estimate of drug-likeness (QED) is 0.720. The fourth-order valence-corrected chi connectivity index (χ4v) is 3.00. The number of amides is 1. The maximum atomic E-state index is 12.6. The Bertz CT molecular complexity index is 364. The summed E-state index contributed by atoms with van der Waals surface area (Å²) in [5.41, 5.74) is 5.14. The van der Waals surface area contributed by atoms with Crippen molar-refractivity contribution in [3.8, 4) is 0 Å². The lowest BCUT2D eigenvalue weighted by molar-refractivity contribution is -0.155. The van der Waals surface area contributed by atoms with Crippen molar-refractivity contribution in [1.82, 2.24) is 9.80 Å². The van der Waals surface area contributed by atoms with E-state index in [1.54, 1.807) is 7.11 Å². The highest BCUT2D eigenvalue weighted by molar-refractivity contribution is 7.80. The van der Waals surface area contributed by atoms with Crippen LogP contribution in [0.5, 0.6) is 0 Å². The van der Waals surface area contributed by atoms with E-state index in [0.29, 0.717) is 24.5 Å². The molecule has 21 heavy (non-hydrogen) atoms. The van der Waals surface area contributed by atoms with Gasteiger partial charge < -0.3 is 15.4 Å². The molecule has 1 fully saturated rings. The normalized spacial score (nSPS) is 20.9. The molecule has 6 heteroatoms. The fourth-order valence-electron chi connectivity index (χ4n) is 2.73. The van der Waals surface area contributed by atoms with Crippen LogP contribution in [0.2, 0.25) is 0 Å². The molecule has 0 saturated carbocycles. The van der Waals surface area contributed by atoms with E-state index in [4.69, 9.17) is 22.7 Å². The first kappa shape index (κ1) is 18.3. The Labute approximate surface area is 133 Å². The van der Waals surface area contributed by atoms with Crippen molar-refractivity contribution in [2.45, 2.75) is 51.7 Å². The minimum absolute atomic E-state index is 0.0783. The van der Waals surface area contributed by atoms with Gasteiger partial charge in [-0.1, -0.05) is 32.5 Å². The minimum atomic E-state index is -0.714. The molecule has 1 aliphatic heterocycles. The van der Waals surface area contributed by atoms with Gasteiger partial charge in [-0.2, -0.15) is 0 Å². The molecule has 1 heterocycles. The lowest BCUT2D eigenvalue weighted by Gasteiger charge is -2.41. The van der Waals surface area contributed by atoms with Crippen molar-refractivity contribution in [2.75, 3.05) is 33.3 Å². The zero-order valence-corrected chi connectivity index (χ0v) is 14.5. The third kappa shape index (κ3) is 4.37. The highest BCUT2D eigenvalue weighted by atomic mass is 32.1. The predicted octanol–water partition coefficient (Wildman–Crippen LogP) is 1.40. The summed E-state index contributed by atoms with van der Waals surface area (Å²) in [5.74, 6) is 0.0783. The van der Waals surface area contributed by atoms with E-state index in [-0.39, 0.29) is 11.9 Å². The van der Waals surface area contributed by atoms with Crippen LogP contribution in [0.15, 0.2) is 0 Å². The Morgan fingerprint density at radius 2 is 1.90 bits per heavy atom. The molecule has 0 bridgehead atoms. The number of nitrogens with two attached hydrogens (primary N) is 1. The second-order valence-corrected chi connectivity index (χ2v) is 6.29. The van der Waals surface area contributed by atoms with Gasteiger partial charge in [0.25, 0.3) is 5.91 Å². The molecule has 0 aromatic rings. The molecule has 122 valence electrons. The summed E-state index contributed by atoms with van der Waals surface area (Å²) in [6.45, 7) is 9.02. The van der Waals surface area contributed by atoms with Crippen molar-refractivity contribution in [2.24, 2.45) is 5.73 Å². The van der Waals surface area contributed by atoms with Crippen LogP contribution >= 0.6 is 12.2 Å². The Morgan fingerprint density at radius 1 is 1.33 bits per heavy atom. The predicted molar refractivity (Wildman–Crippen MR) is 89.3 cm³/mol. The Hall–Kier alpha value is -0.720. The zero-order valence-electron chi connectivity index (χ0n) is 13.7. The molecular weight excluding hydrogens is 286 g/mol. The molecule has 1 amide bonds. The third-order valence-corrected chi connectivity index (χ3v) is 4.78. The molecule has 0 aromatic heterocycles. The number of hydrogen-bond donors (Lipinski definition) is 1. The third-order valence-electron chi connectivity index (χ3n) is 4.51. The molecule has 2 unspecified atom stereocenters. The minimum Gasteiger partial charge on any atom is -0.392 e. The number of ether oxygens (including phenoxy) is 1. The molecule has 0 aliphatic carbocycles. The van der Waals surface area contributed by atoms with Crippen molar-refractivity contribution in [3.63, 3.8) is 0 Å². The van der Waals surface area contributed by atoms with Gasteiger partial charge in [0.1, 0.15) is 5.60 Å². The summed E-state index contributed by atoms with van der Waals surface area (Å²) >= 11 is 5.18. The van der Waals surface area contributed by atoms with Crippen molar-refractivity contribution < 1.29 is 9.53 Å². The van der Waals surface area contributed by atoms with Gasteiger partial charge in [0, 0.05) is 33.3 Å². The lowest BCUT2D eigenvalue weighted by Crippen LogP contribution is -2.58. The van der Waals surface area contributed by atoms with Gasteiger partial charge in [0.15, 0.2) is 0 Å². The van der Waals surface area contributed by atoms with Crippen molar-refractivity contribution in [3.05, 3.63) is 0 Å². The topological polar surface area (TPSA) is 58.8 Å². The summed E-state index contributed by atoms with van der Waals surface area (Å²) < 4.78 is 5.41. The van der Waals surface area contributed by atoms with Gasteiger partial charge in [-0.15, -0.1) is 0 Å². The number of piperazine rings is 1. The molecule has 2 atom stereocenters. The smallest absolute Gasteiger partial charge is 0.254 e. The number of carbonyl (C=O) groups excluding carboxylic acids is 1. The Morgan fingerprint density at radius 3 is 2.29 bits per heavy atom. The molecular formula is C15H29N3O2S. The fraction of sp³-hybridized carbons (Fsp3) is 0.867. The summed E-state index contributed by atoms with van der Waals surface area (Å²) in [6, 6.07) is 0.155. The van der Waals surface area contributed by atoms with Gasteiger partial charge in [-0.3, -0.25) is 9.69 Å². The first-order chi connectivity index (χ1) is 9.89. The van der Waals surface area contributed by atoms with Crippen LogP contribution in [0, 0.1) is 0 Å². The van der Waals surface area contributed by atoms with E-state index >= 15 is 0 Å². The average molecular weight is 315 g/mol. The molecule has 2 N–H and O–H groups in total. The van der Waals surface area contributed by atoms with Gasteiger partial charge in [0.05, 0.1) is 11.0 Å².